The molecule has 242 valence electrons. The highest BCUT2D eigenvalue weighted by atomic mass is 32.2. The molecular formula is C36H29N3O7S2. The van der Waals surface area contributed by atoms with Gasteiger partial charge in [0.15, 0.2) is 0 Å². The van der Waals surface area contributed by atoms with Gasteiger partial charge in [-0.2, -0.15) is 0 Å². The number of hydrogen-bond acceptors (Lipinski definition) is 9. The molecule has 3 amide bonds. The lowest BCUT2D eigenvalue weighted by Crippen LogP contribution is -2.33. The molecule has 5 aromatic rings. The summed E-state index contributed by atoms with van der Waals surface area (Å²) < 4.78 is 11.8. The van der Waals surface area contributed by atoms with Gasteiger partial charge in [0.25, 0.3) is 0 Å². The number of aromatic nitrogens is 1. The lowest BCUT2D eigenvalue weighted by atomic mass is 9.83. The van der Waals surface area contributed by atoms with Crippen LogP contribution in [0.1, 0.15) is 33.6 Å². The van der Waals surface area contributed by atoms with Crippen molar-refractivity contribution in [3.05, 3.63) is 117 Å². The van der Waals surface area contributed by atoms with Gasteiger partial charge in [-0.1, -0.05) is 65.6 Å². The summed E-state index contributed by atoms with van der Waals surface area (Å²) in [5, 5.41) is 4.53. The van der Waals surface area contributed by atoms with Gasteiger partial charge in [0.2, 0.25) is 17.7 Å². The van der Waals surface area contributed by atoms with Crippen LogP contribution in [0.25, 0.3) is 10.8 Å². The van der Waals surface area contributed by atoms with Gasteiger partial charge in [-0.05, 0) is 71.8 Å². The van der Waals surface area contributed by atoms with E-state index in [0.717, 1.165) is 44.3 Å². The molecule has 0 saturated carbocycles. The summed E-state index contributed by atoms with van der Waals surface area (Å²) in [6.07, 6.45) is 0. The van der Waals surface area contributed by atoms with Gasteiger partial charge in [0.05, 0.1) is 35.9 Å². The van der Waals surface area contributed by atoms with Crippen molar-refractivity contribution in [3.8, 4) is 5.75 Å². The fourth-order valence-electron chi connectivity index (χ4n) is 6.25. The van der Waals surface area contributed by atoms with Crippen LogP contribution in [-0.4, -0.2) is 47.2 Å². The van der Waals surface area contributed by atoms with Gasteiger partial charge in [0, 0.05) is 16.5 Å². The molecule has 0 aliphatic carbocycles. The number of methoxy groups -OCH3 is 1. The van der Waals surface area contributed by atoms with Gasteiger partial charge in [-0.25, -0.2) is 9.69 Å². The molecule has 7 rings (SSSR count). The second kappa shape index (κ2) is 12.8. The van der Waals surface area contributed by atoms with E-state index in [9.17, 15) is 24.0 Å². The first kappa shape index (κ1) is 31.4. The zero-order valence-electron chi connectivity index (χ0n) is 25.9. The number of benzene rings is 4. The summed E-state index contributed by atoms with van der Waals surface area (Å²) in [6, 6.07) is 26.7. The molecule has 0 spiro atoms. The van der Waals surface area contributed by atoms with Crippen LogP contribution in [0.5, 0.6) is 5.75 Å². The molecule has 1 aromatic heterocycles. The summed E-state index contributed by atoms with van der Waals surface area (Å²) >= 11 is 2.12. The van der Waals surface area contributed by atoms with E-state index >= 15 is 0 Å². The van der Waals surface area contributed by atoms with E-state index in [-0.39, 0.29) is 18.0 Å². The second-order valence-electron chi connectivity index (χ2n) is 11.3. The molecule has 12 heteroatoms. The topological polar surface area (TPSA) is 124 Å². The highest BCUT2D eigenvalue weighted by molar-refractivity contribution is 8.00. The summed E-state index contributed by atoms with van der Waals surface area (Å²) in [5.74, 6) is -2.56. The highest BCUT2D eigenvalue weighted by Crippen LogP contribution is 2.54. The number of nitrogens with zero attached hydrogens (tertiary/aromatic N) is 2. The number of imide groups is 1. The van der Waals surface area contributed by atoms with Crippen LogP contribution in [0.15, 0.2) is 101 Å². The van der Waals surface area contributed by atoms with Crippen LogP contribution < -0.4 is 19.8 Å². The third-order valence-electron chi connectivity index (χ3n) is 8.50. The third kappa shape index (κ3) is 5.56. The SMILES string of the molecule is CCOC(=O)c1ccc(N2C(=O)C3Sc4c(sc(=O)n4CC(=O)Nc4ccc5ccccc5c4)C(c4ccc(OC)cc4)C3C2=O)cc1. The van der Waals surface area contributed by atoms with E-state index in [4.69, 9.17) is 9.47 Å². The predicted octanol–water partition coefficient (Wildman–Crippen LogP) is 5.68. The Hall–Kier alpha value is -5.20. The maximum absolute atomic E-state index is 14.2. The van der Waals surface area contributed by atoms with Crippen molar-refractivity contribution in [2.45, 2.75) is 29.7 Å². The van der Waals surface area contributed by atoms with Crippen molar-refractivity contribution in [1.82, 2.24) is 4.57 Å². The maximum Gasteiger partial charge on any atom is 0.338 e. The van der Waals surface area contributed by atoms with Crippen LogP contribution in [0.2, 0.25) is 0 Å². The minimum atomic E-state index is -0.856. The molecule has 10 nitrogen and oxygen atoms in total. The second-order valence-corrected chi connectivity index (χ2v) is 13.5. The van der Waals surface area contributed by atoms with Gasteiger partial charge < -0.3 is 14.8 Å². The number of amides is 3. The molecule has 1 saturated heterocycles. The largest absolute Gasteiger partial charge is 0.497 e. The van der Waals surface area contributed by atoms with Crippen molar-refractivity contribution >= 4 is 68.9 Å². The number of fused-ring (bicyclic) bond motifs is 3. The Morgan fingerprint density at radius 2 is 1.60 bits per heavy atom. The van der Waals surface area contributed by atoms with E-state index in [0.29, 0.717) is 32.6 Å². The third-order valence-corrected chi connectivity index (χ3v) is 11.1. The smallest absolute Gasteiger partial charge is 0.338 e. The molecule has 1 fully saturated rings. The van der Waals surface area contributed by atoms with Crippen molar-refractivity contribution in [2.24, 2.45) is 5.92 Å². The first-order chi connectivity index (χ1) is 23.3. The zero-order valence-corrected chi connectivity index (χ0v) is 27.5. The van der Waals surface area contributed by atoms with Crippen LogP contribution in [0.3, 0.4) is 0 Å². The average Bonchev–Trinajstić information content (AvgIpc) is 3.54. The van der Waals surface area contributed by atoms with Crippen LogP contribution >= 0.6 is 23.1 Å². The highest BCUT2D eigenvalue weighted by Gasteiger charge is 2.56. The van der Waals surface area contributed by atoms with Crippen molar-refractivity contribution in [3.63, 3.8) is 0 Å². The Morgan fingerprint density at radius 3 is 2.31 bits per heavy atom. The van der Waals surface area contributed by atoms with Crippen molar-refractivity contribution < 1.29 is 28.7 Å². The normalized spacial score (nSPS) is 18.4. The number of carbonyl (C=O) groups is 4. The van der Waals surface area contributed by atoms with Gasteiger partial charge in [0.1, 0.15) is 17.5 Å². The predicted molar refractivity (Wildman–Crippen MR) is 184 cm³/mol. The minimum absolute atomic E-state index is 0.220. The lowest BCUT2D eigenvalue weighted by molar-refractivity contribution is -0.122. The fraction of sp³-hybridized carbons (Fsp3) is 0.194. The van der Waals surface area contributed by atoms with Gasteiger partial charge in [-0.15, -0.1) is 0 Å². The van der Waals surface area contributed by atoms with E-state index in [1.54, 1.807) is 38.3 Å². The minimum Gasteiger partial charge on any atom is -0.497 e. The number of carbonyl (C=O) groups excluding carboxylic acids is 4. The summed E-state index contributed by atoms with van der Waals surface area (Å²) in [4.78, 5) is 68.7. The summed E-state index contributed by atoms with van der Waals surface area (Å²) in [6.45, 7) is 1.66. The Kier molecular flexibility index (Phi) is 8.36. The fourth-order valence-corrected chi connectivity index (χ4v) is 9.03. The molecule has 0 bridgehead atoms. The number of ether oxygens (including phenoxy) is 2. The summed E-state index contributed by atoms with van der Waals surface area (Å²) in [5.41, 5.74) is 1.97. The molecule has 1 N–H and O–H groups in total. The number of thioether (sulfide) groups is 1. The molecule has 2 aliphatic rings. The van der Waals surface area contributed by atoms with Crippen LogP contribution in [-0.2, 0) is 25.7 Å². The lowest BCUT2D eigenvalue weighted by Gasteiger charge is -2.30. The van der Waals surface area contributed by atoms with Crippen molar-refractivity contribution in [1.29, 1.82) is 0 Å². The van der Waals surface area contributed by atoms with Gasteiger partial charge >= 0.3 is 10.8 Å². The Balaban J connectivity index is 1.23. The molecule has 4 aromatic carbocycles. The van der Waals surface area contributed by atoms with E-state index in [1.165, 1.54) is 16.7 Å². The molecule has 3 heterocycles. The molecule has 0 radical (unpaired) electrons. The zero-order chi connectivity index (χ0) is 33.5. The Morgan fingerprint density at radius 1 is 0.875 bits per heavy atom. The number of rotatable bonds is 8. The number of anilines is 2. The number of nitrogens with one attached hydrogen (secondary N) is 1. The molecule has 2 aliphatic heterocycles. The standard InChI is InChI=1S/C36H29N3O7S2/c1-3-46-35(43)22-9-14-25(15-10-22)39-32(41)29-28(21-11-16-26(45-2)17-12-21)31-34(47-30(29)33(39)42)38(36(44)48-31)19-27(40)37-24-13-8-20-6-4-5-7-23(20)18-24/h4-18,28-30H,3,19H2,1-2H3,(H,37,40). The number of esters is 1. The Labute approximate surface area is 283 Å². The quantitative estimate of drug-likeness (QED) is 0.164. The first-order valence-corrected chi connectivity index (χ1v) is 16.9. The van der Waals surface area contributed by atoms with Crippen LogP contribution in [0, 0.1) is 5.92 Å². The maximum atomic E-state index is 14.2. The summed E-state index contributed by atoms with van der Waals surface area (Å²) in [7, 11) is 1.56. The average molecular weight is 680 g/mol. The van der Waals surface area contributed by atoms with E-state index in [2.05, 4.69) is 5.32 Å². The molecule has 3 unspecified atom stereocenters. The van der Waals surface area contributed by atoms with E-state index < -0.39 is 40.8 Å². The molecular weight excluding hydrogens is 651 g/mol. The van der Waals surface area contributed by atoms with E-state index in [1.807, 2.05) is 54.6 Å². The number of hydrogen-bond donors (Lipinski definition) is 1. The monoisotopic (exact) mass is 679 g/mol. The first-order valence-electron chi connectivity index (χ1n) is 15.2. The molecule has 3 atom stereocenters. The van der Waals surface area contributed by atoms with Crippen LogP contribution in [0.4, 0.5) is 11.4 Å². The molecule has 48 heavy (non-hydrogen) atoms. The van der Waals surface area contributed by atoms with Crippen molar-refractivity contribution in [2.75, 3.05) is 23.9 Å². The van der Waals surface area contributed by atoms with Gasteiger partial charge in [-0.3, -0.25) is 23.7 Å². The number of thiazole rings is 1. The Bertz CT molecular complexity index is 2140.